The molecule has 2 aromatic carbocycles. The molecule has 0 aliphatic carbocycles. The van der Waals surface area contributed by atoms with E-state index in [1.54, 1.807) is 40.4 Å². The van der Waals surface area contributed by atoms with Crippen molar-refractivity contribution in [3.8, 4) is 6.07 Å². The summed E-state index contributed by atoms with van der Waals surface area (Å²) in [4.78, 5) is 27.6. The topological polar surface area (TPSA) is 76.8 Å². The van der Waals surface area contributed by atoms with E-state index in [1.165, 1.54) is 0 Å². The van der Waals surface area contributed by atoms with Crippen molar-refractivity contribution in [3.05, 3.63) is 71.3 Å². The maximum atomic E-state index is 13.1. The lowest BCUT2D eigenvalue weighted by Gasteiger charge is -2.34. The van der Waals surface area contributed by atoms with Crippen LogP contribution in [-0.4, -0.2) is 41.0 Å². The Kier molecular flexibility index (Phi) is 5.39. The molecule has 0 aromatic heterocycles. The zero-order valence-corrected chi connectivity index (χ0v) is 16.1. The molecule has 0 saturated carbocycles. The molecule has 1 saturated heterocycles. The van der Waals surface area contributed by atoms with Crippen LogP contribution in [0.1, 0.15) is 46.8 Å². The normalized spacial score (nSPS) is 19.2. The summed E-state index contributed by atoms with van der Waals surface area (Å²) in [5.74, 6) is -0.138. The van der Waals surface area contributed by atoms with Crippen LogP contribution < -0.4 is 0 Å². The molecule has 0 spiro atoms. The number of carbonyl (C=O) groups excluding carboxylic acids is 2. The molecule has 1 atom stereocenters. The van der Waals surface area contributed by atoms with Gasteiger partial charge in [0, 0.05) is 37.2 Å². The molecule has 1 unspecified atom stereocenters. The van der Waals surface area contributed by atoms with Crippen molar-refractivity contribution >= 4 is 18.0 Å². The third-order valence-corrected chi connectivity index (χ3v) is 5.63. The summed E-state index contributed by atoms with van der Waals surface area (Å²) in [6, 6.07) is 18.6. The van der Waals surface area contributed by atoms with Crippen LogP contribution >= 0.6 is 0 Å². The number of rotatable bonds is 3. The average molecular weight is 386 g/mol. The molecule has 29 heavy (non-hydrogen) atoms. The predicted molar refractivity (Wildman–Crippen MR) is 109 cm³/mol. The Balaban J connectivity index is 1.37. The number of benzene rings is 2. The van der Waals surface area contributed by atoms with Crippen LogP contribution in [0.15, 0.2) is 59.7 Å². The van der Waals surface area contributed by atoms with Crippen molar-refractivity contribution in [1.29, 1.82) is 5.26 Å². The van der Waals surface area contributed by atoms with Crippen molar-refractivity contribution in [2.45, 2.75) is 25.3 Å². The van der Waals surface area contributed by atoms with Crippen molar-refractivity contribution in [3.63, 3.8) is 0 Å². The van der Waals surface area contributed by atoms with Gasteiger partial charge in [-0.2, -0.15) is 10.4 Å². The molecule has 6 heteroatoms. The summed E-state index contributed by atoms with van der Waals surface area (Å²) in [6.07, 6.45) is 3.80. The number of hydrogen-bond acceptors (Lipinski definition) is 4. The Bertz CT molecular complexity index is 955. The van der Waals surface area contributed by atoms with Crippen LogP contribution in [0.3, 0.4) is 0 Å². The Morgan fingerprint density at radius 1 is 1.00 bits per heavy atom. The fraction of sp³-hybridized carbons (Fsp3) is 0.304. The summed E-state index contributed by atoms with van der Waals surface area (Å²) in [6.45, 7) is 1.09. The van der Waals surface area contributed by atoms with Crippen LogP contribution in [0.25, 0.3) is 0 Å². The smallest absolute Gasteiger partial charge is 0.253 e. The highest BCUT2D eigenvalue weighted by molar-refractivity contribution is 5.94. The molecule has 146 valence electrons. The maximum absolute atomic E-state index is 13.1. The number of likely N-dealkylation sites (tertiary alicyclic amines) is 1. The standard InChI is InChI=1S/C23H22N4O2/c24-16-17-6-8-19(9-7-17)22(28)26-14-11-20(12-15-26)23(29)27-21(10-13-25-27)18-4-2-1-3-5-18/h1-9,13,20-21H,10-12,14-15H2. The molecule has 0 radical (unpaired) electrons. The minimum Gasteiger partial charge on any atom is -0.339 e. The minimum atomic E-state index is -0.124. The van der Waals surface area contributed by atoms with Gasteiger partial charge in [0.05, 0.1) is 17.7 Å². The van der Waals surface area contributed by atoms with E-state index < -0.39 is 0 Å². The molecule has 2 aliphatic heterocycles. The molecule has 2 heterocycles. The third-order valence-electron chi connectivity index (χ3n) is 5.63. The van der Waals surface area contributed by atoms with Gasteiger partial charge in [0.2, 0.25) is 5.91 Å². The van der Waals surface area contributed by atoms with Crippen LogP contribution in [0.5, 0.6) is 0 Å². The van der Waals surface area contributed by atoms with E-state index in [2.05, 4.69) is 11.2 Å². The molecular weight excluding hydrogens is 364 g/mol. The van der Waals surface area contributed by atoms with E-state index in [-0.39, 0.29) is 23.8 Å². The first-order valence-corrected chi connectivity index (χ1v) is 9.87. The van der Waals surface area contributed by atoms with E-state index in [4.69, 9.17) is 5.26 Å². The van der Waals surface area contributed by atoms with Crippen LogP contribution in [-0.2, 0) is 4.79 Å². The molecule has 0 bridgehead atoms. The number of amides is 2. The fourth-order valence-electron chi connectivity index (χ4n) is 3.96. The summed E-state index contributed by atoms with van der Waals surface area (Å²) in [5.41, 5.74) is 2.19. The van der Waals surface area contributed by atoms with Gasteiger partial charge in [-0.3, -0.25) is 9.59 Å². The van der Waals surface area contributed by atoms with E-state index in [0.717, 1.165) is 12.0 Å². The van der Waals surface area contributed by atoms with Crippen LogP contribution in [0, 0.1) is 17.2 Å². The molecule has 2 amide bonds. The highest BCUT2D eigenvalue weighted by Crippen LogP contribution is 2.31. The second kappa shape index (κ2) is 8.27. The number of carbonyl (C=O) groups is 2. The Morgan fingerprint density at radius 3 is 2.34 bits per heavy atom. The molecule has 1 fully saturated rings. The van der Waals surface area contributed by atoms with E-state index >= 15 is 0 Å². The van der Waals surface area contributed by atoms with Gasteiger partial charge in [-0.05, 0) is 42.7 Å². The van der Waals surface area contributed by atoms with E-state index in [0.29, 0.717) is 37.1 Å². The molecule has 2 aliphatic rings. The second-order valence-corrected chi connectivity index (χ2v) is 7.40. The van der Waals surface area contributed by atoms with Crippen molar-refractivity contribution in [2.75, 3.05) is 13.1 Å². The second-order valence-electron chi connectivity index (χ2n) is 7.40. The van der Waals surface area contributed by atoms with Crippen molar-refractivity contribution < 1.29 is 9.59 Å². The van der Waals surface area contributed by atoms with Crippen molar-refractivity contribution in [1.82, 2.24) is 9.91 Å². The summed E-state index contributed by atoms with van der Waals surface area (Å²) >= 11 is 0. The first-order chi connectivity index (χ1) is 14.2. The van der Waals surface area contributed by atoms with Gasteiger partial charge >= 0.3 is 0 Å². The van der Waals surface area contributed by atoms with Gasteiger partial charge in [0.15, 0.2) is 0 Å². The largest absolute Gasteiger partial charge is 0.339 e. The fourth-order valence-corrected chi connectivity index (χ4v) is 3.96. The monoisotopic (exact) mass is 386 g/mol. The van der Waals surface area contributed by atoms with Gasteiger partial charge in [0.25, 0.3) is 5.91 Å². The number of piperidine rings is 1. The SMILES string of the molecule is N#Cc1ccc(C(=O)N2CCC(C(=O)N3N=CCC3c3ccccc3)CC2)cc1. The lowest BCUT2D eigenvalue weighted by molar-refractivity contribution is -0.138. The summed E-state index contributed by atoms with van der Waals surface area (Å²) < 4.78 is 0. The van der Waals surface area contributed by atoms with Crippen LogP contribution in [0.2, 0.25) is 0 Å². The average Bonchev–Trinajstić information content (AvgIpc) is 3.29. The number of nitriles is 1. The Hall–Kier alpha value is -3.46. The molecule has 2 aromatic rings. The zero-order valence-electron chi connectivity index (χ0n) is 16.1. The minimum absolute atomic E-state index is 0.0398. The lowest BCUT2D eigenvalue weighted by atomic mass is 9.94. The zero-order chi connectivity index (χ0) is 20.2. The van der Waals surface area contributed by atoms with Gasteiger partial charge < -0.3 is 4.90 Å². The van der Waals surface area contributed by atoms with Gasteiger partial charge in [-0.1, -0.05) is 30.3 Å². The summed E-state index contributed by atoms with van der Waals surface area (Å²) in [5, 5.41) is 14.8. The van der Waals surface area contributed by atoms with Gasteiger partial charge in [0.1, 0.15) is 0 Å². The molecule has 6 nitrogen and oxygen atoms in total. The number of hydrazone groups is 1. The van der Waals surface area contributed by atoms with E-state index in [1.807, 2.05) is 30.3 Å². The summed E-state index contributed by atoms with van der Waals surface area (Å²) in [7, 11) is 0. The Labute approximate surface area is 170 Å². The first kappa shape index (κ1) is 18.9. The lowest BCUT2D eigenvalue weighted by Crippen LogP contribution is -2.43. The molecular formula is C23H22N4O2. The molecule has 4 rings (SSSR count). The van der Waals surface area contributed by atoms with Gasteiger partial charge in [-0.15, -0.1) is 0 Å². The quantitative estimate of drug-likeness (QED) is 0.811. The Morgan fingerprint density at radius 2 is 1.69 bits per heavy atom. The highest BCUT2D eigenvalue weighted by atomic mass is 16.2. The van der Waals surface area contributed by atoms with Crippen molar-refractivity contribution in [2.24, 2.45) is 11.0 Å². The van der Waals surface area contributed by atoms with Crippen LogP contribution in [0.4, 0.5) is 0 Å². The molecule has 0 N–H and O–H groups in total. The van der Waals surface area contributed by atoms with E-state index in [9.17, 15) is 9.59 Å². The van der Waals surface area contributed by atoms with Gasteiger partial charge in [-0.25, -0.2) is 5.01 Å². The number of hydrogen-bond donors (Lipinski definition) is 0. The number of nitrogens with zero attached hydrogens (tertiary/aromatic N) is 4. The maximum Gasteiger partial charge on any atom is 0.253 e. The highest BCUT2D eigenvalue weighted by Gasteiger charge is 2.35. The third kappa shape index (κ3) is 3.90. The predicted octanol–water partition coefficient (Wildman–Crippen LogP) is 3.37. The first-order valence-electron chi connectivity index (χ1n) is 9.87.